The molecule has 1 aromatic carbocycles. The van der Waals surface area contributed by atoms with E-state index < -0.39 is 15.9 Å². The van der Waals surface area contributed by atoms with Crippen LogP contribution in [-0.4, -0.2) is 57.0 Å². The number of pyridine rings is 1. The fraction of sp³-hybridized carbons (Fsp3) is 0.400. The van der Waals surface area contributed by atoms with E-state index in [1.807, 2.05) is 0 Å². The van der Waals surface area contributed by atoms with Gasteiger partial charge in [-0.1, -0.05) is 19.9 Å². The first kappa shape index (κ1) is 22.8. The van der Waals surface area contributed by atoms with Crippen molar-refractivity contribution in [3.05, 3.63) is 47.7 Å². The van der Waals surface area contributed by atoms with E-state index in [0.29, 0.717) is 30.9 Å². The van der Waals surface area contributed by atoms with Crippen LogP contribution in [0.25, 0.3) is 0 Å². The minimum atomic E-state index is -3.68. The normalized spacial score (nSPS) is 11.5. The summed E-state index contributed by atoms with van der Waals surface area (Å²) in [6, 6.07) is 7.96. The van der Waals surface area contributed by atoms with Gasteiger partial charge >= 0.3 is 0 Å². The Hall–Kier alpha value is -2.49. The van der Waals surface area contributed by atoms with Crippen LogP contribution in [0.2, 0.25) is 0 Å². The average molecular weight is 422 g/mol. The number of carbonyl (C=O) groups is 1. The molecule has 8 nitrogen and oxygen atoms in total. The molecule has 0 fully saturated rings. The highest BCUT2D eigenvalue weighted by molar-refractivity contribution is 7.89. The van der Waals surface area contributed by atoms with Crippen LogP contribution in [0.1, 0.15) is 29.8 Å². The van der Waals surface area contributed by atoms with Crippen molar-refractivity contribution in [1.82, 2.24) is 9.29 Å². The summed E-state index contributed by atoms with van der Waals surface area (Å²) in [5, 5.41) is 2.73. The van der Waals surface area contributed by atoms with Crippen LogP contribution in [0.3, 0.4) is 0 Å². The maximum Gasteiger partial charge on any atom is 0.255 e. The SMILES string of the molecule is CCN(CC)S(=O)(=O)c1cc(C(=O)Nc2cccnc2OCCOC)ccc1C. The number of amides is 1. The number of benzene rings is 1. The molecular formula is C20H27N3O5S. The zero-order valence-corrected chi connectivity index (χ0v) is 18.0. The summed E-state index contributed by atoms with van der Waals surface area (Å²) >= 11 is 0. The molecule has 0 radical (unpaired) electrons. The van der Waals surface area contributed by atoms with Crippen LogP contribution < -0.4 is 10.1 Å². The van der Waals surface area contributed by atoms with Crippen molar-refractivity contribution in [2.45, 2.75) is 25.7 Å². The van der Waals surface area contributed by atoms with Gasteiger partial charge in [-0.3, -0.25) is 4.79 Å². The Kier molecular flexibility index (Phi) is 8.12. The standard InChI is InChI=1S/C20H27N3O5S/c1-5-23(6-2)29(25,26)18-14-16(10-9-15(18)3)19(24)22-17-8-7-11-21-20(17)28-13-12-27-4/h7-11,14H,5-6,12-13H2,1-4H3,(H,22,24). The third kappa shape index (κ3) is 5.53. The van der Waals surface area contributed by atoms with Crippen molar-refractivity contribution < 1.29 is 22.7 Å². The van der Waals surface area contributed by atoms with Crippen molar-refractivity contribution in [2.24, 2.45) is 0 Å². The Morgan fingerprint density at radius 3 is 2.55 bits per heavy atom. The number of rotatable bonds is 10. The number of ether oxygens (including phenoxy) is 2. The topological polar surface area (TPSA) is 97.8 Å². The van der Waals surface area contributed by atoms with Gasteiger partial charge in [0.05, 0.1) is 11.5 Å². The second kappa shape index (κ2) is 10.3. The molecule has 29 heavy (non-hydrogen) atoms. The summed E-state index contributed by atoms with van der Waals surface area (Å²) in [5.74, 6) is -0.188. The first-order valence-electron chi connectivity index (χ1n) is 9.34. The van der Waals surface area contributed by atoms with Crippen LogP contribution in [0.5, 0.6) is 5.88 Å². The molecule has 0 saturated carbocycles. The first-order valence-corrected chi connectivity index (χ1v) is 10.8. The van der Waals surface area contributed by atoms with Crippen LogP contribution in [0.15, 0.2) is 41.4 Å². The summed E-state index contributed by atoms with van der Waals surface area (Å²) in [4.78, 5) is 17.0. The molecule has 9 heteroatoms. The van der Waals surface area contributed by atoms with Gasteiger partial charge in [0.1, 0.15) is 12.3 Å². The van der Waals surface area contributed by atoms with Crippen molar-refractivity contribution in [2.75, 3.05) is 38.7 Å². The van der Waals surface area contributed by atoms with Crippen LogP contribution in [-0.2, 0) is 14.8 Å². The number of hydrogen-bond donors (Lipinski definition) is 1. The lowest BCUT2D eigenvalue weighted by molar-refractivity contribution is 0.102. The third-order valence-corrected chi connectivity index (χ3v) is 6.51. The monoisotopic (exact) mass is 421 g/mol. The Morgan fingerprint density at radius 2 is 1.90 bits per heavy atom. The molecule has 1 heterocycles. The average Bonchev–Trinajstić information content (AvgIpc) is 2.70. The number of anilines is 1. The van der Waals surface area contributed by atoms with Crippen molar-refractivity contribution in [1.29, 1.82) is 0 Å². The maximum absolute atomic E-state index is 12.9. The van der Waals surface area contributed by atoms with Crippen LogP contribution >= 0.6 is 0 Å². The van der Waals surface area contributed by atoms with E-state index in [0.717, 1.165) is 0 Å². The fourth-order valence-corrected chi connectivity index (χ4v) is 4.45. The number of aryl methyl sites for hydroxylation is 1. The molecule has 158 valence electrons. The van der Waals surface area contributed by atoms with E-state index in [4.69, 9.17) is 9.47 Å². The predicted molar refractivity (Wildman–Crippen MR) is 111 cm³/mol. The van der Waals surface area contributed by atoms with Gasteiger partial charge in [0.25, 0.3) is 5.91 Å². The van der Waals surface area contributed by atoms with Crippen molar-refractivity contribution in [3.63, 3.8) is 0 Å². The van der Waals surface area contributed by atoms with Gasteiger partial charge in [-0.05, 0) is 36.8 Å². The quantitative estimate of drug-likeness (QED) is 0.593. The molecule has 2 aromatic rings. The van der Waals surface area contributed by atoms with Gasteiger partial charge in [-0.2, -0.15) is 4.31 Å². The van der Waals surface area contributed by atoms with Crippen molar-refractivity contribution in [3.8, 4) is 5.88 Å². The highest BCUT2D eigenvalue weighted by Gasteiger charge is 2.25. The lowest BCUT2D eigenvalue weighted by Crippen LogP contribution is -2.31. The zero-order chi connectivity index (χ0) is 21.4. The van der Waals surface area contributed by atoms with E-state index in [1.54, 1.807) is 58.3 Å². The van der Waals surface area contributed by atoms with Gasteiger partial charge in [0.2, 0.25) is 15.9 Å². The number of aromatic nitrogens is 1. The summed E-state index contributed by atoms with van der Waals surface area (Å²) in [6.07, 6.45) is 1.55. The van der Waals surface area contributed by atoms with E-state index in [-0.39, 0.29) is 22.9 Å². The summed E-state index contributed by atoms with van der Waals surface area (Å²) < 4.78 is 37.6. The zero-order valence-electron chi connectivity index (χ0n) is 17.1. The number of hydrogen-bond acceptors (Lipinski definition) is 6. The summed E-state index contributed by atoms with van der Waals surface area (Å²) in [7, 11) is -2.12. The summed E-state index contributed by atoms with van der Waals surface area (Å²) in [5.41, 5.74) is 1.20. The molecule has 1 amide bonds. The predicted octanol–water partition coefficient (Wildman–Crippen LogP) is 2.70. The molecule has 0 spiro atoms. The van der Waals surface area contributed by atoms with Gasteiger partial charge in [0, 0.05) is 32.0 Å². The Morgan fingerprint density at radius 1 is 1.17 bits per heavy atom. The number of methoxy groups -OCH3 is 1. The summed E-state index contributed by atoms with van der Waals surface area (Å²) in [6.45, 7) is 6.64. The van der Waals surface area contributed by atoms with Gasteiger partial charge < -0.3 is 14.8 Å². The Labute approximate surface area is 171 Å². The molecule has 1 N–H and O–H groups in total. The largest absolute Gasteiger partial charge is 0.474 e. The lowest BCUT2D eigenvalue weighted by Gasteiger charge is -2.20. The molecule has 0 saturated heterocycles. The molecule has 0 bridgehead atoms. The molecule has 0 aliphatic heterocycles. The van der Waals surface area contributed by atoms with Crippen LogP contribution in [0, 0.1) is 6.92 Å². The van der Waals surface area contributed by atoms with Gasteiger partial charge in [-0.25, -0.2) is 13.4 Å². The highest BCUT2D eigenvalue weighted by Crippen LogP contribution is 2.24. The second-order valence-corrected chi connectivity index (χ2v) is 8.13. The smallest absolute Gasteiger partial charge is 0.255 e. The van der Waals surface area contributed by atoms with Gasteiger partial charge in [-0.15, -0.1) is 0 Å². The first-order chi connectivity index (χ1) is 13.8. The lowest BCUT2D eigenvalue weighted by atomic mass is 10.1. The number of carbonyl (C=O) groups excluding carboxylic acids is 1. The van der Waals surface area contributed by atoms with E-state index in [2.05, 4.69) is 10.3 Å². The van der Waals surface area contributed by atoms with Crippen molar-refractivity contribution >= 4 is 21.6 Å². The molecule has 0 atom stereocenters. The molecule has 2 rings (SSSR count). The molecular weight excluding hydrogens is 394 g/mol. The number of nitrogens with one attached hydrogen (secondary N) is 1. The van der Waals surface area contributed by atoms with E-state index in [1.165, 1.54) is 10.4 Å². The van der Waals surface area contributed by atoms with Crippen LogP contribution in [0.4, 0.5) is 5.69 Å². The third-order valence-electron chi connectivity index (χ3n) is 4.32. The number of sulfonamides is 1. The minimum absolute atomic E-state index is 0.122. The van der Waals surface area contributed by atoms with E-state index in [9.17, 15) is 13.2 Å². The highest BCUT2D eigenvalue weighted by atomic mass is 32.2. The van der Waals surface area contributed by atoms with E-state index >= 15 is 0 Å². The maximum atomic E-state index is 12.9. The van der Waals surface area contributed by atoms with Gasteiger partial charge in [0.15, 0.2) is 0 Å². The molecule has 0 aliphatic carbocycles. The molecule has 0 unspecified atom stereocenters. The molecule has 1 aromatic heterocycles. The number of nitrogens with zero attached hydrogens (tertiary/aromatic N) is 2. The molecule has 0 aliphatic rings. The Bertz CT molecular complexity index is 943. The minimum Gasteiger partial charge on any atom is -0.474 e. The second-order valence-electron chi connectivity index (χ2n) is 6.22. The Balaban J connectivity index is 2.30. The fourth-order valence-electron chi connectivity index (χ4n) is 2.74.